The molecule has 146 valence electrons. The average Bonchev–Trinajstić information content (AvgIpc) is 3.34. The van der Waals surface area contributed by atoms with E-state index in [4.69, 9.17) is 9.47 Å². The molecular formula is C20H23N5O3. The molecule has 2 aromatic heterocycles. The summed E-state index contributed by atoms with van der Waals surface area (Å²) in [4.78, 5) is 10.7. The van der Waals surface area contributed by atoms with Crippen LogP contribution in [-0.2, 0) is 0 Å². The first-order valence-electron chi connectivity index (χ1n) is 9.17. The first-order chi connectivity index (χ1) is 13.6. The second kappa shape index (κ2) is 7.57. The summed E-state index contributed by atoms with van der Waals surface area (Å²) in [7, 11) is 0. The van der Waals surface area contributed by atoms with Crippen molar-refractivity contribution in [3.63, 3.8) is 0 Å². The van der Waals surface area contributed by atoms with Crippen molar-refractivity contribution >= 4 is 11.4 Å². The van der Waals surface area contributed by atoms with E-state index in [2.05, 4.69) is 33.5 Å². The monoisotopic (exact) mass is 381 g/mol. The number of nitrogens with zero attached hydrogens (tertiary/aromatic N) is 5. The summed E-state index contributed by atoms with van der Waals surface area (Å²) in [5, 5.41) is 13.9. The van der Waals surface area contributed by atoms with Crippen LogP contribution in [-0.4, -0.2) is 56.1 Å². The fraction of sp³-hybridized carbons (Fsp3) is 0.350. The number of fused-ring (bicyclic) bond motifs is 2. The molecule has 0 amide bonds. The molecule has 1 aromatic carbocycles. The zero-order valence-electron chi connectivity index (χ0n) is 16.0. The van der Waals surface area contributed by atoms with Gasteiger partial charge in [-0.15, -0.1) is 0 Å². The van der Waals surface area contributed by atoms with Crippen molar-refractivity contribution in [2.45, 2.75) is 19.9 Å². The Morgan fingerprint density at radius 2 is 2.14 bits per heavy atom. The molecular weight excluding hydrogens is 358 g/mol. The number of aliphatic hydroxyl groups excluding tert-OH is 1. The summed E-state index contributed by atoms with van der Waals surface area (Å²) in [6.45, 7) is 9.67. The topological polar surface area (TPSA) is 85.0 Å². The predicted molar refractivity (Wildman–Crippen MR) is 104 cm³/mol. The smallest absolute Gasteiger partial charge is 0.252 e. The van der Waals surface area contributed by atoms with Crippen molar-refractivity contribution in [2.75, 3.05) is 26.5 Å². The minimum absolute atomic E-state index is 0.0487. The number of hydrogen-bond donors (Lipinski definition) is 1. The third kappa shape index (κ3) is 3.44. The van der Waals surface area contributed by atoms with E-state index in [1.54, 1.807) is 4.52 Å². The Bertz CT molecular complexity index is 1020. The summed E-state index contributed by atoms with van der Waals surface area (Å²) in [5.74, 6) is 2.06. The van der Waals surface area contributed by atoms with Gasteiger partial charge in [0, 0.05) is 24.8 Å². The first-order valence-corrected chi connectivity index (χ1v) is 9.17. The Labute approximate surface area is 163 Å². The summed E-state index contributed by atoms with van der Waals surface area (Å²) in [5.41, 5.74) is 3.68. The van der Waals surface area contributed by atoms with E-state index in [-0.39, 0.29) is 19.4 Å². The predicted octanol–water partition coefficient (Wildman–Crippen LogP) is 2.23. The Morgan fingerprint density at radius 1 is 1.32 bits per heavy atom. The molecule has 0 saturated heterocycles. The number of benzene rings is 1. The number of aryl methyl sites for hydroxylation is 1. The van der Waals surface area contributed by atoms with E-state index < -0.39 is 0 Å². The molecule has 1 N–H and O–H groups in total. The van der Waals surface area contributed by atoms with Crippen LogP contribution >= 0.6 is 0 Å². The van der Waals surface area contributed by atoms with Crippen LogP contribution in [0.3, 0.4) is 0 Å². The van der Waals surface area contributed by atoms with E-state index in [9.17, 15) is 5.11 Å². The van der Waals surface area contributed by atoms with Crippen LogP contribution in [0.25, 0.3) is 11.4 Å². The molecule has 0 fully saturated rings. The van der Waals surface area contributed by atoms with Gasteiger partial charge >= 0.3 is 0 Å². The summed E-state index contributed by atoms with van der Waals surface area (Å²) >= 11 is 0. The summed E-state index contributed by atoms with van der Waals surface area (Å²) in [6.07, 6.45) is 1.49. The standard InChI is InChI=1S/C20H23N5O3/c1-13(17-8-14(2)23-20-21-11-22-25(17)20)10-24(6-7-26)15(3)16-4-5-18-19(9-16)28-12-27-18/h4-5,8-9,11,15,26H,1,6-7,10,12H2,2-3H3. The Hall–Kier alpha value is -2.97. The molecule has 28 heavy (non-hydrogen) atoms. The van der Waals surface area contributed by atoms with Gasteiger partial charge in [0.25, 0.3) is 5.78 Å². The number of ether oxygens (including phenoxy) is 2. The highest BCUT2D eigenvalue weighted by Gasteiger charge is 2.21. The molecule has 1 atom stereocenters. The maximum absolute atomic E-state index is 9.60. The lowest BCUT2D eigenvalue weighted by atomic mass is 10.0. The quantitative estimate of drug-likeness (QED) is 0.672. The van der Waals surface area contributed by atoms with Gasteiger partial charge in [-0.2, -0.15) is 14.6 Å². The van der Waals surface area contributed by atoms with Gasteiger partial charge in [-0.25, -0.2) is 4.98 Å². The largest absolute Gasteiger partial charge is 0.454 e. The number of rotatable bonds is 7. The highest BCUT2D eigenvalue weighted by atomic mass is 16.7. The summed E-state index contributed by atoms with van der Waals surface area (Å²) in [6, 6.07) is 7.94. The van der Waals surface area contributed by atoms with Crippen molar-refractivity contribution < 1.29 is 14.6 Å². The van der Waals surface area contributed by atoms with Gasteiger partial charge in [0.05, 0.1) is 12.3 Å². The van der Waals surface area contributed by atoms with Crippen LogP contribution in [0, 0.1) is 6.92 Å². The van der Waals surface area contributed by atoms with Gasteiger partial charge in [0.2, 0.25) is 6.79 Å². The SMILES string of the molecule is C=C(CN(CCO)C(C)c1ccc2c(c1)OCO2)c1cc(C)nc2ncnn12. The maximum Gasteiger partial charge on any atom is 0.252 e. The van der Waals surface area contributed by atoms with E-state index >= 15 is 0 Å². The molecule has 0 bridgehead atoms. The van der Waals surface area contributed by atoms with Crippen LogP contribution in [0.5, 0.6) is 11.5 Å². The van der Waals surface area contributed by atoms with Crippen LogP contribution in [0.15, 0.2) is 37.2 Å². The van der Waals surface area contributed by atoms with E-state index in [1.165, 1.54) is 6.33 Å². The molecule has 0 spiro atoms. The van der Waals surface area contributed by atoms with Gasteiger partial charge in [-0.3, -0.25) is 4.90 Å². The molecule has 0 radical (unpaired) electrons. The van der Waals surface area contributed by atoms with Gasteiger partial charge in [0.1, 0.15) is 6.33 Å². The number of aromatic nitrogens is 4. The van der Waals surface area contributed by atoms with E-state index in [0.29, 0.717) is 18.9 Å². The molecule has 0 saturated carbocycles. The number of hydrogen-bond acceptors (Lipinski definition) is 7. The average molecular weight is 381 g/mol. The van der Waals surface area contributed by atoms with Crippen molar-refractivity contribution in [3.05, 3.63) is 54.1 Å². The minimum atomic E-state index is 0.0487. The molecule has 4 rings (SSSR count). The summed E-state index contributed by atoms with van der Waals surface area (Å²) < 4.78 is 12.6. The number of aliphatic hydroxyl groups is 1. The Balaban J connectivity index is 1.59. The fourth-order valence-electron chi connectivity index (χ4n) is 3.43. The van der Waals surface area contributed by atoms with Gasteiger partial charge < -0.3 is 14.6 Å². The zero-order chi connectivity index (χ0) is 19.7. The molecule has 8 heteroatoms. The highest BCUT2D eigenvalue weighted by Crippen LogP contribution is 2.35. The Morgan fingerprint density at radius 3 is 2.96 bits per heavy atom. The highest BCUT2D eigenvalue weighted by molar-refractivity contribution is 5.63. The second-order valence-corrected chi connectivity index (χ2v) is 6.84. The van der Waals surface area contributed by atoms with Crippen LogP contribution in [0.4, 0.5) is 0 Å². The van der Waals surface area contributed by atoms with Gasteiger partial charge in [0.15, 0.2) is 11.5 Å². The first kappa shape index (κ1) is 18.4. The van der Waals surface area contributed by atoms with E-state index in [1.807, 2.05) is 31.2 Å². The minimum Gasteiger partial charge on any atom is -0.454 e. The molecule has 3 aromatic rings. The van der Waals surface area contributed by atoms with Gasteiger partial charge in [-0.1, -0.05) is 12.6 Å². The van der Waals surface area contributed by atoms with Crippen molar-refractivity contribution in [2.24, 2.45) is 0 Å². The maximum atomic E-state index is 9.60. The van der Waals surface area contributed by atoms with Crippen molar-refractivity contribution in [1.29, 1.82) is 0 Å². The molecule has 8 nitrogen and oxygen atoms in total. The van der Waals surface area contributed by atoms with Crippen LogP contribution < -0.4 is 9.47 Å². The Kier molecular flexibility index (Phi) is 4.97. The lowest BCUT2D eigenvalue weighted by Gasteiger charge is -2.29. The zero-order valence-corrected chi connectivity index (χ0v) is 16.0. The molecule has 3 heterocycles. The molecule has 1 aliphatic rings. The van der Waals surface area contributed by atoms with E-state index in [0.717, 1.165) is 34.0 Å². The third-order valence-electron chi connectivity index (χ3n) is 4.95. The molecule has 0 aliphatic carbocycles. The van der Waals surface area contributed by atoms with Crippen molar-refractivity contribution in [3.8, 4) is 11.5 Å². The van der Waals surface area contributed by atoms with Crippen LogP contribution in [0.1, 0.15) is 29.9 Å². The normalized spacial score (nSPS) is 14.0. The molecule has 1 aliphatic heterocycles. The van der Waals surface area contributed by atoms with Gasteiger partial charge in [-0.05, 0) is 43.2 Å². The lowest BCUT2D eigenvalue weighted by Crippen LogP contribution is -2.31. The van der Waals surface area contributed by atoms with Crippen LogP contribution in [0.2, 0.25) is 0 Å². The second-order valence-electron chi connectivity index (χ2n) is 6.84. The molecule has 1 unspecified atom stereocenters. The fourth-order valence-corrected chi connectivity index (χ4v) is 3.43. The van der Waals surface area contributed by atoms with Crippen molar-refractivity contribution in [1.82, 2.24) is 24.5 Å². The third-order valence-corrected chi connectivity index (χ3v) is 4.95. The lowest BCUT2D eigenvalue weighted by molar-refractivity contribution is 0.172.